The average Bonchev–Trinajstić information content (AvgIpc) is 2.35. The monoisotopic (exact) mass is 263 g/mol. The van der Waals surface area contributed by atoms with Crippen LogP contribution in [-0.4, -0.2) is 25.8 Å². The highest BCUT2D eigenvalue weighted by atomic mass is 16.5. The molecule has 108 valence electrons. The van der Waals surface area contributed by atoms with Crippen LogP contribution in [-0.2, 0) is 11.2 Å². The molecule has 1 N–H and O–H groups in total. The Morgan fingerprint density at radius 1 is 1.21 bits per heavy atom. The van der Waals surface area contributed by atoms with E-state index in [2.05, 4.69) is 57.3 Å². The van der Waals surface area contributed by atoms with Crippen molar-refractivity contribution in [1.82, 2.24) is 5.32 Å². The Bertz CT molecular complexity index is 362. The van der Waals surface area contributed by atoms with Crippen molar-refractivity contribution in [3.63, 3.8) is 0 Å². The number of nitrogens with one attached hydrogen (secondary N) is 1. The van der Waals surface area contributed by atoms with Crippen LogP contribution < -0.4 is 5.32 Å². The molecule has 1 aromatic carbocycles. The van der Waals surface area contributed by atoms with Crippen LogP contribution in [0.4, 0.5) is 0 Å². The lowest BCUT2D eigenvalue weighted by atomic mass is 9.93. The lowest BCUT2D eigenvalue weighted by molar-refractivity contribution is 0.0942. The number of aryl methyl sites for hydroxylation is 1. The SMILES string of the molecule is COC(C)CC(CNC(C)C)Cc1cccc(C)c1. The molecule has 0 saturated carbocycles. The first-order valence-corrected chi connectivity index (χ1v) is 7.33. The average molecular weight is 263 g/mol. The predicted octanol–water partition coefficient (Wildman–Crippen LogP) is 3.58. The van der Waals surface area contributed by atoms with E-state index in [1.54, 1.807) is 7.11 Å². The van der Waals surface area contributed by atoms with Crippen molar-refractivity contribution in [3.8, 4) is 0 Å². The van der Waals surface area contributed by atoms with Crippen molar-refractivity contribution in [2.75, 3.05) is 13.7 Å². The third-order valence-electron chi connectivity index (χ3n) is 3.49. The van der Waals surface area contributed by atoms with Crippen molar-refractivity contribution in [1.29, 1.82) is 0 Å². The summed E-state index contributed by atoms with van der Waals surface area (Å²) in [5.41, 5.74) is 2.77. The van der Waals surface area contributed by atoms with Crippen molar-refractivity contribution in [2.45, 2.75) is 52.7 Å². The summed E-state index contributed by atoms with van der Waals surface area (Å²) in [5, 5.41) is 3.55. The van der Waals surface area contributed by atoms with Gasteiger partial charge >= 0.3 is 0 Å². The van der Waals surface area contributed by atoms with E-state index >= 15 is 0 Å². The molecule has 0 aliphatic heterocycles. The first-order valence-electron chi connectivity index (χ1n) is 7.33. The molecule has 2 nitrogen and oxygen atoms in total. The van der Waals surface area contributed by atoms with Gasteiger partial charge in [0.2, 0.25) is 0 Å². The number of hydrogen-bond donors (Lipinski definition) is 1. The lowest BCUT2D eigenvalue weighted by Crippen LogP contribution is -2.31. The maximum Gasteiger partial charge on any atom is 0.0546 e. The molecular formula is C17H29NO. The molecule has 0 amide bonds. The topological polar surface area (TPSA) is 21.3 Å². The van der Waals surface area contributed by atoms with Crippen LogP contribution in [0, 0.1) is 12.8 Å². The van der Waals surface area contributed by atoms with Crippen molar-refractivity contribution < 1.29 is 4.74 Å². The van der Waals surface area contributed by atoms with Gasteiger partial charge in [0.1, 0.15) is 0 Å². The number of hydrogen-bond acceptors (Lipinski definition) is 2. The normalized spacial score (nSPS) is 14.6. The summed E-state index contributed by atoms with van der Waals surface area (Å²) in [4.78, 5) is 0. The third-order valence-corrected chi connectivity index (χ3v) is 3.49. The highest BCUT2D eigenvalue weighted by molar-refractivity contribution is 5.22. The van der Waals surface area contributed by atoms with Crippen molar-refractivity contribution in [2.24, 2.45) is 5.92 Å². The van der Waals surface area contributed by atoms with Crippen molar-refractivity contribution in [3.05, 3.63) is 35.4 Å². The highest BCUT2D eigenvalue weighted by Gasteiger charge is 2.14. The molecule has 2 atom stereocenters. The Labute approximate surface area is 118 Å². The molecule has 0 heterocycles. The van der Waals surface area contributed by atoms with E-state index in [0.717, 1.165) is 19.4 Å². The minimum atomic E-state index is 0.323. The fourth-order valence-electron chi connectivity index (χ4n) is 2.38. The largest absolute Gasteiger partial charge is 0.382 e. The standard InChI is InChI=1S/C17H29NO/c1-13(2)18-12-17(10-15(4)19-5)11-16-8-6-7-14(3)9-16/h6-9,13,15,17-18H,10-12H2,1-5H3. The first-order chi connectivity index (χ1) is 9.01. The van der Waals surface area contributed by atoms with Gasteiger partial charge in [-0.25, -0.2) is 0 Å². The summed E-state index contributed by atoms with van der Waals surface area (Å²) >= 11 is 0. The zero-order chi connectivity index (χ0) is 14.3. The van der Waals surface area contributed by atoms with Crippen LogP contribution >= 0.6 is 0 Å². The third kappa shape index (κ3) is 6.74. The molecule has 2 unspecified atom stereocenters. The Morgan fingerprint density at radius 2 is 1.95 bits per heavy atom. The van der Waals surface area contributed by atoms with Gasteiger partial charge in [0, 0.05) is 13.2 Å². The number of ether oxygens (including phenoxy) is 1. The van der Waals surface area contributed by atoms with Crippen LogP contribution in [0.15, 0.2) is 24.3 Å². The van der Waals surface area contributed by atoms with Gasteiger partial charge in [-0.3, -0.25) is 0 Å². The van der Waals surface area contributed by atoms with Gasteiger partial charge in [0.25, 0.3) is 0 Å². The van der Waals surface area contributed by atoms with Crippen LogP contribution in [0.2, 0.25) is 0 Å². The molecule has 1 rings (SSSR count). The van der Waals surface area contributed by atoms with Gasteiger partial charge in [-0.05, 0) is 44.7 Å². The summed E-state index contributed by atoms with van der Waals surface area (Å²) in [6, 6.07) is 9.37. The first kappa shape index (κ1) is 16.2. The Hall–Kier alpha value is -0.860. The molecule has 2 heteroatoms. The van der Waals surface area contributed by atoms with Crippen LogP contribution in [0.3, 0.4) is 0 Å². The van der Waals surface area contributed by atoms with E-state index in [4.69, 9.17) is 4.74 Å². The van der Waals surface area contributed by atoms with E-state index in [1.165, 1.54) is 11.1 Å². The number of benzene rings is 1. The van der Waals surface area contributed by atoms with Gasteiger partial charge in [0.05, 0.1) is 6.10 Å². The smallest absolute Gasteiger partial charge is 0.0546 e. The fraction of sp³-hybridized carbons (Fsp3) is 0.647. The summed E-state index contributed by atoms with van der Waals surface area (Å²) in [7, 11) is 1.80. The number of rotatable bonds is 8. The van der Waals surface area contributed by atoms with Gasteiger partial charge in [0.15, 0.2) is 0 Å². The second-order valence-electron chi connectivity index (χ2n) is 5.90. The predicted molar refractivity (Wildman–Crippen MR) is 82.6 cm³/mol. The molecule has 0 aliphatic rings. The maximum atomic E-state index is 5.42. The second-order valence-corrected chi connectivity index (χ2v) is 5.90. The Morgan fingerprint density at radius 3 is 2.53 bits per heavy atom. The summed E-state index contributed by atoms with van der Waals surface area (Å²) in [5.74, 6) is 0.624. The van der Waals surface area contributed by atoms with E-state index < -0.39 is 0 Å². The summed E-state index contributed by atoms with van der Waals surface area (Å²) in [6.07, 6.45) is 2.54. The van der Waals surface area contributed by atoms with Gasteiger partial charge in [-0.2, -0.15) is 0 Å². The zero-order valence-corrected chi connectivity index (χ0v) is 13.1. The molecule has 1 aromatic rings. The number of methoxy groups -OCH3 is 1. The Balaban J connectivity index is 2.61. The summed E-state index contributed by atoms with van der Waals surface area (Å²) in [6.45, 7) is 9.76. The molecule has 0 aromatic heterocycles. The molecule has 0 fully saturated rings. The van der Waals surface area contributed by atoms with Crippen LogP contribution in [0.25, 0.3) is 0 Å². The lowest BCUT2D eigenvalue weighted by Gasteiger charge is -2.22. The molecule has 0 spiro atoms. The highest BCUT2D eigenvalue weighted by Crippen LogP contribution is 2.16. The van der Waals surface area contributed by atoms with E-state index in [0.29, 0.717) is 18.1 Å². The zero-order valence-electron chi connectivity index (χ0n) is 13.1. The molecular weight excluding hydrogens is 234 g/mol. The van der Waals surface area contributed by atoms with Crippen molar-refractivity contribution >= 4 is 0 Å². The van der Waals surface area contributed by atoms with Gasteiger partial charge in [-0.15, -0.1) is 0 Å². The second kappa shape index (κ2) is 8.34. The van der Waals surface area contributed by atoms with E-state index in [-0.39, 0.29) is 0 Å². The molecule has 0 saturated heterocycles. The quantitative estimate of drug-likeness (QED) is 0.774. The van der Waals surface area contributed by atoms with Crippen LogP contribution in [0.1, 0.15) is 38.3 Å². The van der Waals surface area contributed by atoms with Gasteiger partial charge < -0.3 is 10.1 Å². The maximum absolute atomic E-state index is 5.42. The minimum absolute atomic E-state index is 0.323. The van der Waals surface area contributed by atoms with E-state index in [1.807, 2.05) is 0 Å². The minimum Gasteiger partial charge on any atom is -0.382 e. The van der Waals surface area contributed by atoms with Gasteiger partial charge in [-0.1, -0.05) is 43.7 Å². The Kier molecular flexibility index (Phi) is 7.11. The fourth-order valence-corrected chi connectivity index (χ4v) is 2.38. The molecule has 0 aliphatic carbocycles. The molecule has 0 bridgehead atoms. The van der Waals surface area contributed by atoms with E-state index in [9.17, 15) is 0 Å². The molecule has 0 radical (unpaired) electrons. The summed E-state index contributed by atoms with van der Waals surface area (Å²) < 4.78 is 5.42. The molecule has 19 heavy (non-hydrogen) atoms. The van der Waals surface area contributed by atoms with Crippen LogP contribution in [0.5, 0.6) is 0 Å².